The predicted molar refractivity (Wildman–Crippen MR) is 161 cm³/mol. The second-order valence-corrected chi connectivity index (χ2v) is 13.7. The Kier molecular flexibility index (Phi) is 12.1. The van der Waals surface area contributed by atoms with Gasteiger partial charge in [-0.25, -0.2) is 17.2 Å². The summed E-state index contributed by atoms with van der Waals surface area (Å²) >= 11 is 12.6. The van der Waals surface area contributed by atoms with Gasteiger partial charge in [0, 0.05) is 60.2 Å². The van der Waals surface area contributed by atoms with Gasteiger partial charge in [0.1, 0.15) is 0 Å². The van der Waals surface area contributed by atoms with Gasteiger partial charge in [0.2, 0.25) is 5.91 Å². The van der Waals surface area contributed by atoms with Crippen molar-refractivity contribution in [1.29, 1.82) is 0 Å². The van der Waals surface area contributed by atoms with E-state index in [1.165, 1.54) is 31.2 Å². The van der Waals surface area contributed by atoms with Gasteiger partial charge in [-0.15, -0.1) is 0 Å². The standard InChI is InChI=1S/C29H38Cl2F2N4O4S/c1-3-42(40,41)26-10-9-21(30)13-20(26)16-35-28(39)19-14-24(29(2,32)33)23(25(31)15-19)18-37-12-6-7-22(17-37)36-27(38)8-4-5-11-34/h9-10,13-15,22H,3-8,11-12,16-18,34H2,1-2H3,(H,35,39)(H,36,38)/t22-/m0/s1. The molecule has 0 spiro atoms. The normalized spacial score (nSPS) is 16.3. The molecule has 2 aromatic carbocycles. The summed E-state index contributed by atoms with van der Waals surface area (Å²) < 4.78 is 54.7. The molecule has 8 nitrogen and oxygen atoms in total. The summed E-state index contributed by atoms with van der Waals surface area (Å²) in [5.41, 5.74) is 5.53. The number of carbonyl (C=O) groups excluding carboxylic acids is 2. The molecule has 0 bridgehead atoms. The highest BCUT2D eigenvalue weighted by Gasteiger charge is 2.32. The minimum absolute atomic E-state index is 0.0177. The molecule has 0 unspecified atom stereocenters. The van der Waals surface area contributed by atoms with Crippen molar-refractivity contribution >= 4 is 44.9 Å². The van der Waals surface area contributed by atoms with Crippen LogP contribution in [-0.4, -0.2) is 56.6 Å². The number of alkyl halides is 2. The lowest BCUT2D eigenvalue weighted by molar-refractivity contribution is -0.122. The average Bonchev–Trinajstić information content (AvgIpc) is 2.92. The molecule has 0 aliphatic carbocycles. The zero-order valence-electron chi connectivity index (χ0n) is 23.8. The predicted octanol–water partition coefficient (Wildman–Crippen LogP) is 5.04. The Balaban J connectivity index is 1.77. The van der Waals surface area contributed by atoms with Gasteiger partial charge in [-0.1, -0.05) is 30.1 Å². The maximum absolute atomic E-state index is 14.9. The Morgan fingerprint density at radius 2 is 1.90 bits per heavy atom. The zero-order valence-corrected chi connectivity index (χ0v) is 26.1. The Morgan fingerprint density at radius 3 is 2.57 bits per heavy atom. The van der Waals surface area contributed by atoms with Crippen molar-refractivity contribution in [3.05, 3.63) is 62.6 Å². The van der Waals surface area contributed by atoms with Crippen molar-refractivity contribution in [1.82, 2.24) is 15.5 Å². The van der Waals surface area contributed by atoms with Crippen LogP contribution < -0.4 is 16.4 Å². The minimum atomic E-state index is -3.59. The molecule has 42 heavy (non-hydrogen) atoms. The van der Waals surface area contributed by atoms with Crippen LogP contribution in [0.3, 0.4) is 0 Å². The van der Waals surface area contributed by atoms with E-state index in [9.17, 15) is 26.8 Å². The molecule has 232 valence electrons. The van der Waals surface area contributed by atoms with Crippen molar-refractivity contribution < 1.29 is 26.8 Å². The molecule has 2 amide bonds. The number of piperidine rings is 1. The third-order valence-corrected chi connectivity index (χ3v) is 9.62. The number of unbranched alkanes of at least 4 members (excludes halogenated alkanes) is 1. The Labute approximate surface area is 256 Å². The van der Waals surface area contributed by atoms with Crippen molar-refractivity contribution in [3.63, 3.8) is 0 Å². The lowest BCUT2D eigenvalue weighted by Gasteiger charge is -2.34. The van der Waals surface area contributed by atoms with Gasteiger partial charge in [-0.2, -0.15) is 0 Å². The molecule has 1 fully saturated rings. The van der Waals surface area contributed by atoms with E-state index < -0.39 is 21.7 Å². The van der Waals surface area contributed by atoms with Gasteiger partial charge in [0.05, 0.1) is 10.6 Å². The fraction of sp³-hybridized carbons (Fsp3) is 0.517. The Morgan fingerprint density at radius 1 is 1.17 bits per heavy atom. The lowest BCUT2D eigenvalue weighted by atomic mass is 9.97. The maximum Gasteiger partial charge on any atom is 0.270 e. The molecule has 1 aliphatic rings. The molecular weight excluding hydrogens is 609 g/mol. The van der Waals surface area contributed by atoms with Crippen LogP contribution in [0.2, 0.25) is 10.0 Å². The van der Waals surface area contributed by atoms with E-state index in [0.717, 1.165) is 32.3 Å². The van der Waals surface area contributed by atoms with Crippen molar-refractivity contribution in [3.8, 4) is 0 Å². The van der Waals surface area contributed by atoms with Crippen molar-refractivity contribution in [2.75, 3.05) is 25.4 Å². The number of nitrogens with one attached hydrogen (secondary N) is 2. The summed E-state index contributed by atoms with van der Waals surface area (Å²) in [7, 11) is -3.59. The van der Waals surface area contributed by atoms with Gasteiger partial charge < -0.3 is 16.4 Å². The highest BCUT2D eigenvalue weighted by molar-refractivity contribution is 7.91. The summed E-state index contributed by atoms with van der Waals surface area (Å²) in [6, 6.07) is 6.63. The fourth-order valence-electron chi connectivity index (χ4n) is 5.01. The number of likely N-dealkylation sites (tertiary alicyclic amines) is 1. The van der Waals surface area contributed by atoms with Crippen LogP contribution in [0.25, 0.3) is 0 Å². The topological polar surface area (TPSA) is 122 Å². The quantitative estimate of drug-likeness (QED) is 0.262. The summed E-state index contributed by atoms with van der Waals surface area (Å²) in [5, 5.41) is 5.94. The molecule has 4 N–H and O–H groups in total. The van der Waals surface area contributed by atoms with E-state index in [0.29, 0.717) is 37.5 Å². The van der Waals surface area contributed by atoms with Crippen LogP contribution in [-0.2, 0) is 33.6 Å². The van der Waals surface area contributed by atoms with E-state index >= 15 is 0 Å². The minimum Gasteiger partial charge on any atom is -0.352 e. The number of nitrogens with two attached hydrogens (primary N) is 1. The lowest BCUT2D eigenvalue weighted by Crippen LogP contribution is -2.47. The Bertz CT molecular complexity index is 1390. The van der Waals surface area contributed by atoms with Crippen molar-refractivity contribution in [2.24, 2.45) is 5.73 Å². The molecule has 1 heterocycles. The second-order valence-electron chi connectivity index (χ2n) is 10.6. The SMILES string of the molecule is CCS(=O)(=O)c1ccc(Cl)cc1CNC(=O)c1cc(Cl)c(CN2CCC[C@H](NC(=O)CCCCN)C2)c(C(C)(F)F)c1. The van der Waals surface area contributed by atoms with E-state index in [-0.39, 0.29) is 63.0 Å². The first-order valence-electron chi connectivity index (χ1n) is 14.0. The van der Waals surface area contributed by atoms with E-state index in [4.69, 9.17) is 28.9 Å². The van der Waals surface area contributed by atoms with Crippen LogP contribution in [0.15, 0.2) is 35.2 Å². The van der Waals surface area contributed by atoms with Gasteiger partial charge in [-0.3, -0.25) is 14.5 Å². The molecule has 1 atom stereocenters. The largest absolute Gasteiger partial charge is 0.352 e. The molecule has 0 aromatic heterocycles. The average molecular weight is 648 g/mol. The first kappa shape index (κ1) is 34.2. The Hall–Kier alpha value is -2.31. The van der Waals surface area contributed by atoms with Crippen LogP contribution >= 0.6 is 23.2 Å². The number of hydrogen-bond donors (Lipinski definition) is 3. The van der Waals surface area contributed by atoms with Crippen LogP contribution in [0.1, 0.15) is 73.0 Å². The summed E-state index contributed by atoms with van der Waals surface area (Å²) in [4.78, 5) is 27.3. The monoisotopic (exact) mass is 646 g/mol. The summed E-state index contributed by atoms with van der Waals surface area (Å²) in [6.45, 7) is 3.86. The van der Waals surface area contributed by atoms with E-state index in [1.807, 2.05) is 4.90 Å². The number of halogens is 4. The molecule has 0 radical (unpaired) electrons. The molecule has 3 rings (SSSR count). The first-order valence-corrected chi connectivity index (χ1v) is 16.4. The smallest absolute Gasteiger partial charge is 0.270 e. The maximum atomic E-state index is 14.9. The fourth-order valence-corrected chi connectivity index (χ4v) is 6.60. The van der Waals surface area contributed by atoms with Crippen LogP contribution in [0, 0.1) is 0 Å². The summed E-state index contributed by atoms with van der Waals surface area (Å²) in [6.07, 6.45) is 3.44. The van der Waals surface area contributed by atoms with Gasteiger partial charge in [0.25, 0.3) is 11.8 Å². The zero-order chi connectivity index (χ0) is 31.1. The highest BCUT2D eigenvalue weighted by atomic mass is 35.5. The van der Waals surface area contributed by atoms with Crippen LogP contribution in [0.4, 0.5) is 8.78 Å². The van der Waals surface area contributed by atoms with Crippen molar-refractivity contribution in [2.45, 2.75) is 75.9 Å². The molecular formula is C29H38Cl2F2N4O4S. The van der Waals surface area contributed by atoms with Gasteiger partial charge in [-0.05, 0) is 80.2 Å². The molecule has 2 aromatic rings. The number of hydrogen-bond acceptors (Lipinski definition) is 6. The van der Waals surface area contributed by atoms with E-state index in [2.05, 4.69) is 10.6 Å². The third-order valence-electron chi connectivity index (χ3n) is 7.22. The molecule has 0 saturated carbocycles. The van der Waals surface area contributed by atoms with E-state index in [1.54, 1.807) is 0 Å². The number of sulfone groups is 1. The number of nitrogens with zero attached hydrogens (tertiary/aromatic N) is 1. The molecule has 1 aliphatic heterocycles. The number of rotatable bonds is 13. The number of benzene rings is 2. The highest BCUT2D eigenvalue weighted by Crippen LogP contribution is 2.36. The molecule has 13 heteroatoms. The third kappa shape index (κ3) is 9.34. The van der Waals surface area contributed by atoms with Gasteiger partial charge in [0.15, 0.2) is 9.84 Å². The number of amides is 2. The number of carbonyl (C=O) groups is 2. The van der Waals surface area contributed by atoms with Gasteiger partial charge >= 0.3 is 0 Å². The summed E-state index contributed by atoms with van der Waals surface area (Å²) in [5.74, 6) is -4.18. The molecule has 1 saturated heterocycles. The first-order chi connectivity index (χ1) is 19.7. The van der Waals surface area contributed by atoms with Crippen LogP contribution in [0.5, 0.6) is 0 Å². The second kappa shape index (κ2) is 14.9.